The van der Waals surface area contributed by atoms with Crippen molar-refractivity contribution in [2.24, 2.45) is 0 Å². The summed E-state index contributed by atoms with van der Waals surface area (Å²) in [4.78, 5) is 29.8. The fraction of sp³-hybridized carbons (Fsp3) is 0.143. The fourth-order valence-corrected chi connectivity index (χ4v) is 3.15. The van der Waals surface area contributed by atoms with Crippen molar-refractivity contribution >= 4 is 40.8 Å². The summed E-state index contributed by atoms with van der Waals surface area (Å²) < 4.78 is 7.15. The number of amides is 1. The zero-order valence-electron chi connectivity index (χ0n) is 16.1. The molecule has 0 unspecified atom stereocenters. The standard InChI is InChI=1S/C21H16Cl2N4O3/c1-3-25-19(28)13(11-24)9-15-20(30-17-7-6-14(22)10-16(17)23)26-18-12(2)5-4-8-27(18)21(15)29/h4-10H,3H2,1-2H3,(H,25,28). The predicted molar refractivity (Wildman–Crippen MR) is 115 cm³/mol. The number of fused-ring (bicyclic) bond motifs is 1. The minimum atomic E-state index is -0.607. The number of hydrogen-bond donors (Lipinski definition) is 1. The molecule has 9 heteroatoms. The molecule has 2 heterocycles. The van der Waals surface area contributed by atoms with Gasteiger partial charge < -0.3 is 10.1 Å². The lowest BCUT2D eigenvalue weighted by atomic mass is 10.1. The largest absolute Gasteiger partial charge is 0.437 e. The Morgan fingerprint density at radius 2 is 2.13 bits per heavy atom. The first-order valence-corrected chi connectivity index (χ1v) is 9.66. The monoisotopic (exact) mass is 442 g/mol. The van der Waals surface area contributed by atoms with Crippen LogP contribution in [0.3, 0.4) is 0 Å². The lowest BCUT2D eigenvalue weighted by Crippen LogP contribution is -2.25. The van der Waals surface area contributed by atoms with Gasteiger partial charge in [0.1, 0.15) is 28.6 Å². The maximum absolute atomic E-state index is 13.2. The summed E-state index contributed by atoms with van der Waals surface area (Å²) in [7, 11) is 0. The Kier molecular flexibility index (Phi) is 6.40. The number of benzene rings is 1. The van der Waals surface area contributed by atoms with E-state index in [9.17, 15) is 14.9 Å². The van der Waals surface area contributed by atoms with E-state index in [2.05, 4.69) is 10.3 Å². The Hall–Kier alpha value is -3.34. The molecule has 7 nitrogen and oxygen atoms in total. The second-order valence-corrected chi connectivity index (χ2v) is 7.07. The van der Waals surface area contributed by atoms with Gasteiger partial charge in [-0.1, -0.05) is 29.3 Å². The van der Waals surface area contributed by atoms with Gasteiger partial charge in [-0.2, -0.15) is 10.2 Å². The Morgan fingerprint density at radius 1 is 1.37 bits per heavy atom. The van der Waals surface area contributed by atoms with Crippen LogP contribution in [0, 0.1) is 18.3 Å². The number of rotatable bonds is 5. The van der Waals surface area contributed by atoms with Crippen LogP contribution in [0.5, 0.6) is 11.6 Å². The number of nitrogens with zero attached hydrogens (tertiary/aromatic N) is 3. The number of hydrogen-bond acceptors (Lipinski definition) is 5. The topological polar surface area (TPSA) is 96.5 Å². The molecule has 1 N–H and O–H groups in total. The summed E-state index contributed by atoms with van der Waals surface area (Å²) in [6, 6.07) is 9.90. The molecular weight excluding hydrogens is 427 g/mol. The van der Waals surface area contributed by atoms with Crippen molar-refractivity contribution < 1.29 is 9.53 Å². The number of aryl methyl sites for hydroxylation is 1. The Balaban J connectivity index is 2.27. The second kappa shape index (κ2) is 8.99. The average Bonchev–Trinajstić information content (AvgIpc) is 2.71. The molecule has 0 aliphatic heterocycles. The molecule has 0 spiro atoms. The number of likely N-dealkylation sites (N-methyl/N-ethyl adjacent to an activating group) is 1. The lowest BCUT2D eigenvalue weighted by molar-refractivity contribution is -0.116. The van der Waals surface area contributed by atoms with E-state index in [1.165, 1.54) is 16.5 Å². The van der Waals surface area contributed by atoms with Crippen LogP contribution in [-0.4, -0.2) is 21.8 Å². The number of nitriles is 1. The zero-order chi connectivity index (χ0) is 21.8. The highest BCUT2D eigenvalue weighted by Gasteiger charge is 2.18. The molecule has 0 aliphatic rings. The molecule has 3 aromatic rings. The van der Waals surface area contributed by atoms with Gasteiger partial charge in [-0.05, 0) is 49.8 Å². The van der Waals surface area contributed by atoms with E-state index >= 15 is 0 Å². The first-order valence-electron chi connectivity index (χ1n) is 8.90. The summed E-state index contributed by atoms with van der Waals surface area (Å²) in [6.07, 6.45) is 2.71. The van der Waals surface area contributed by atoms with Crippen molar-refractivity contribution in [3.8, 4) is 17.7 Å². The van der Waals surface area contributed by atoms with Gasteiger partial charge in [0.05, 0.1) is 5.02 Å². The summed E-state index contributed by atoms with van der Waals surface area (Å²) in [5.41, 5.74) is 0.292. The van der Waals surface area contributed by atoms with Gasteiger partial charge >= 0.3 is 0 Å². The van der Waals surface area contributed by atoms with Crippen molar-refractivity contribution in [3.05, 3.63) is 73.6 Å². The van der Waals surface area contributed by atoms with Gasteiger partial charge in [0.15, 0.2) is 0 Å². The van der Waals surface area contributed by atoms with E-state index in [-0.39, 0.29) is 27.8 Å². The van der Waals surface area contributed by atoms with Crippen molar-refractivity contribution in [2.75, 3.05) is 6.54 Å². The molecule has 0 aliphatic carbocycles. The molecule has 152 valence electrons. The molecule has 2 aromatic heterocycles. The normalized spacial score (nSPS) is 11.2. The summed E-state index contributed by atoms with van der Waals surface area (Å²) >= 11 is 12.1. The molecule has 0 bridgehead atoms. The lowest BCUT2D eigenvalue weighted by Gasteiger charge is -2.12. The predicted octanol–water partition coefficient (Wildman–Crippen LogP) is 4.15. The quantitative estimate of drug-likeness (QED) is 0.472. The van der Waals surface area contributed by atoms with Crippen LogP contribution in [-0.2, 0) is 4.79 Å². The Morgan fingerprint density at radius 3 is 2.80 bits per heavy atom. The van der Waals surface area contributed by atoms with E-state index < -0.39 is 11.5 Å². The maximum atomic E-state index is 13.2. The average molecular weight is 443 g/mol. The molecule has 0 fully saturated rings. The van der Waals surface area contributed by atoms with Gasteiger partial charge in [0.2, 0.25) is 5.88 Å². The molecule has 3 rings (SSSR count). The van der Waals surface area contributed by atoms with Crippen LogP contribution in [0.2, 0.25) is 10.0 Å². The van der Waals surface area contributed by atoms with Crippen molar-refractivity contribution in [1.82, 2.24) is 14.7 Å². The van der Waals surface area contributed by atoms with Gasteiger partial charge in [0.25, 0.3) is 11.5 Å². The molecule has 1 aromatic carbocycles. The highest BCUT2D eigenvalue weighted by molar-refractivity contribution is 6.35. The van der Waals surface area contributed by atoms with Gasteiger partial charge in [0, 0.05) is 17.8 Å². The summed E-state index contributed by atoms with van der Waals surface area (Å²) in [5, 5.41) is 12.6. The van der Waals surface area contributed by atoms with Crippen molar-refractivity contribution in [2.45, 2.75) is 13.8 Å². The van der Waals surface area contributed by atoms with Crippen molar-refractivity contribution in [3.63, 3.8) is 0 Å². The number of carbonyl (C=O) groups excluding carboxylic acids is 1. The SMILES string of the molecule is CCNC(=O)C(C#N)=Cc1c(Oc2ccc(Cl)cc2Cl)nc2c(C)cccn2c1=O. The number of ether oxygens (including phenoxy) is 1. The summed E-state index contributed by atoms with van der Waals surface area (Å²) in [5.74, 6) is -0.475. The van der Waals surface area contributed by atoms with E-state index in [1.54, 1.807) is 44.3 Å². The number of nitrogens with one attached hydrogen (secondary N) is 1. The minimum absolute atomic E-state index is 0.0630. The number of carbonyl (C=O) groups is 1. The number of aromatic nitrogens is 2. The van der Waals surface area contributed by atoms with Crippen LogP contribution in [0.4, 0.5) is 0 Å². The third-order valence-corrected chi connectivity index (χ3v) is 4.67. The van der Waals surface area contributed by atoms with E-state index in [4.69, 9.17) is 27.9 Å². The van der Waals surface area contributed by atoms with Crippen LogP contribution in [0.25, 0.3) is 11.7 Å². The Labute approximate surface area is 182 Å². The first kappa shape index (κ1) is 21.4. The fourth-order valence-electron chi connectivity index (χ4n) is 2.70. The van der Waals surface area contributed by atoms with Crippen LogP contribution in [0.1, 0.15) is 18.1 Å². The van der Waals surface area contributed by atoms with Gasteiger partial charge in [-0.15, -0.1) is 0 Å². The van der Waals surface area contributed by atoms with Crippen LogP contribution < -0.4 is 15.6 Å². The molecule has 0 radical (unpaired) electrons. The summed E-state index contributed by atoms with van der Waals surface area (Å²) in [6.45, 7) is 3.85. The number of pyridine rings is 1. The molecule has 1 amide bonds. The van der Waals surface area contributed by atoms with Crippen molar-refractivity contribution in [1.29, 1.82) is 5.26 Å². The van der Waals surface area contributed by atoms with Gasteiger partial charge in [-0.25, -0.2) is 0 Å². The third-order valence-electron chi connectivity index (χ3n) is 4.14. The molecule has 0 atom stereocenters. The molecule has 0 saturated carbocycles. The van der Waals surface area contributed by atoms with E-state index in [1.807, 2.05) is 0 Å². The zero-order valence-corrected chi connectivity index (χ0v) is 17.6. The van der Waals surface area contributed by atoms with Crippen LogP contribution in [0.15, 0.2) is 46.9 Å². The number of halogens is 2. The maximum Gasteiger partial charge on any atom is 0.269 e. The first-order chi connectivity index (χ1) is 14.3. The second-order valence-electron chi connectivity index (χ2n) is 6.23. The van der Waals surface area contributed by atoms with Gasteiger partial charge in [-0.3, -0.25) is 14.0 Å². The van der Waals surface area contributed by atoms with E-state index in [0.717, 1.165) is 11.6 Å². The Bertz CT molecular complexity index is 1280. The highest BCUT2D eigenvalue weighted by atomic mass is 35.5. The molecule has 0 saturated heterocycles. The van der Waals surface area contributed by atoms with E-state index in [0.29, 0.717) is 17.2 Å². The smallest absolute Gasteiger partial charge is 0.269 e. The third kappa shape index (κ3) is 4.30. The minimum Gasteiger partial charge on any atom is -0.437 e. The molecule has 30 heavy (non-hydrogen) atoms. The highest BCUT2D eigenvalue weighted by Crippen LogP contribution is 2.32. The van der Waals surface area contributed by atoms with Crippen LogP contribution >= 0.6 is 23.2 Å². The molecular formula is C21H16Cl2N4O3.